The van der Waals surface area contributed by atoms with E-state index in [1.54, 1.807) is 4.90 Å². The van der Waals surface area contributed by atoms with Crippen LogP contribution in [0.1, 0.15) is 103 Å². The Labute approximate surface area is 284 Å². The summed E-state index contributed by atoms with van der Waals surface area (Å²) in [6, 6.07) is 6.67. The van der Waals surface area contributed by atoms with Gasteiger partial charge in [0, 0.05) is 65.3 Å². The second-order valence-corrected chi connectivity index (χ2v) is 13.2. The Bertz CT molecular complexity index is 1840. The summed E-state index contributed by atoms with van der Waals surface area (Å²) in [6.45, 7) is 17.4. The van der Waals surface area contributed by atoms with Crippen molar-refractivity contribution in [1.82, 2.24) is 24.8 Å². The number of likely N-dealkylation sites (N-methyl/N-ethyl adjacent to an activating group) is 1. The van der Waals surface area contributed by atoms with Crippen LogP contribution in [0.2, 0.25) is 0 Å². The van der Waals surface area contributed by atoms with E-state index in [1.807, 2.05) is 7.05 Å². The number of nitrogens with one attached hydrogen (secondary N) is 2. The number of nitrogens with zero attached hydrogens (tertiary/aromatic N) is 3. The van der Waals surface area contributed by atoms with Gasteiger partial charge in [-0.2, -0.15) is 0 Å². The molecule has 0 saturated carbocycles. The first kappa shape index (κ1) is 35.5. The van der Waals surface area contributed by atoms with E-state index in [9.17, 15) is 4.79 Å². The molecule has 0 fully saturated rings. The Morgan fingerprint density at radius 3 is 2.12 bits per heavy atom. The van der Waals surface area contributed by atoms with E-state index in [0.717, 1.165) is 68.8 Å². The van der Waals surface area contributed by atoms with Crippen LogP contribution in [0.25, 0.3) is 33.7 Å². The molecular weight excluding hydrogens is 602 g/mol. The van der Waals surface area contributed by atoms with Gasteiger partial charge < -0.3 is 29.4 Å². The van der Waals surface area contributed by atoms with E-state index in [1.165, 1.54) is 22.3 Å². The molecule has 258 valence electrons. The van der Waals surface area contributed by atoms with Crippen molar-refractivity contribution >= 4 is 39.6 Å². The Morgan fingerprint density at radius 1 is 0.854 bits per heavy atom. The number of carbonyl (C=O) groups is 1. The number of aromatic nitrogens is 4. The van der Waals surface area contributed by atoms with E-state index >= 15 is 0 Å². The Morgan fingerprint density at radius 2 is 1.48 bits per heavy atom. The van der Waals surface area contributed by atoms with E-state index in [-0.39, 0.29) is 24.3 Å². The number of aryl methyl sites for hydroxylation is 4. The SMILES string of the molecule is CCc1c(C)c2cc3[nH]c(cc4nc(c(C)c5nc(cc1[nH]2)C(C)=C5)[C@@H](CCC(=O)N(C)CCOCCOCCO)[C@@H]4C)c(C)c3CC. The van der Waals surface area contributed by atoms with Crippen LogP contribution < -0.4 is 0 Å². The number of amides is 1. The zero-order valence-electron chi connectivity index (χ0n) is 30.0. The summed E-state index contributed by atoms with van der Waals surface area (Å²) in [5.41, 5.74) is 15.7. The lowest BCUT2D eigenvalue weighted by Gasteiger charge is -2.21. The Kier molecular flexibility index (Phi) is 11.6. The molecule has 1 amide bonds. The lowest BCUT2D eigenvalue weighted by Crippen LogP contribution is -2.30. The van der Waals surface area contributed by atoms with Crippen molar-refractivity contribution in [2.24, 2.45) is 0 Å². The van der Waals surface area contributed by atoms with Crippen LogP contribution in [-0.2, 0) is 27.1 Å². The van der Waals surface area contributed by atoms with Crippen LogP contribution in [0.15, 0.2) is 18.2 Å². The number of aliphatic hydroxyl groups is 1. The van der Waals surface area contributed by atoms with Crippen LogP contribution >= 0.6 is 0 Å². The van der Waals surface area contributed by atoms with Gasteiger partial charge in [0.2, 0.25) is 5.91 Å². The molecule has 3 aromatic heterocycles. The third kappa shape index (κ3) is 7.43. The fourth-order valence-corrected chi connectivity index (χ4v) is 7.09. The van der Waals surface area contributed by atoms with Crippen LogP contribution in [-0.4, -0.2) is 82.5 Å². The summed E-state index contributed by atoms with van der Waals surface area (Å²) in [5.74, 6) is 0.308. The number of hydrogen-bond donors (Lipinski definition) is 3. The minimum absolute atomic E-state index is 0.000277. The lowest BCUT2D eigenvalue weighted by molar-refractivity contribution is -0.130. The van der Waals surface area contributed by atoms with E-state index in [0.29, 0.717) is 45.8 Å². The smallest absolute Gasteiger partial charge is 0.222 e. The molecule has 8 bridgehead atoms. The van der Waals surface area contributed by atoms with Crippen molar-refractivity contribution in [2.75, 3.05) is 46.6 Å². The maximum atomic E-state index is 13.3. The number of rotatable bonds is 13. The topological polar surface area (TPSA) is 116 Å². The minimum Gasteiger partial charge on any atom is -0.394 e. The van der Waals surface area contributed by atoms with Crippen molar-refractivity contribution in [2.45, 2.75) is 86.0 Å². The molecular formula is C39H53N5O4. The van der Waals surface area contributed by atoms with Gasteiger partial charge in [0.05, 0.1) is 44.4 Å². The van der Waals surface area contributed by atoms with Gasteiger partial charge in [-0.25, -0.2) is 4.98 Å². The number of fused-ring (bicyclic) bond motifs is 8. The van der Waals surface area contributed by atoms with Crippen molar-refractivity contribution in [3.63, 3.8) is 0 Å². The molecule has 0 spiro atoms. The molecule has 2 aliphatic rings. The molecule has 2 atom stereocenters. The van der Waals surface area contributed by atoms with Gasteiger partial charge in [-0.3, -0.25) is 9.78 Å². The Balaban J connectivity index is 1.54. The van der Waals surface area contributed by atoms with Crippen LogP contribution in [0.3, 0.4) is 0 Å². The predicted octanol–water partition coefficient (Wildman–Crippen LogP) is 7.08. The second-order valence-electron chi connectivity index (χ2n) is 13.2. The van der Waals surface area contributed by atoms with E-state index in [2.05, 4.69) is 82.7 Å². The molecule has 3 N–H and O–H groups in total. The maximum Gasteiger partial charge on any atom is 0.222 e. The molecule has 0 aromatic carbocycles. The summed E-state index contributed by atoms with van der Waals surface area (Å²) in [4.78, 5) is 32.9. The number of aromatic amines is 2. The van der Waals surface area contributed by atoms with Crippen LogP contribution in [0, 0.1) is 20.8 Å². The molecule has 5 rings (SSSR count). The number of hydrogen-bond acceptors (Lipinski definition) is 6. The summed E-state index contributed by atoms with van der Waals surface area (Å²) in [6.07, 6.45) is 5.14. The summed E-state index contributed by atoms with van der Waals surface area (Å²) in [5, 5.41) is 8.82. The summed E-state index contributed by atoms with van der Waals surface area (Å²) < 4.78 is 10.8. The number of allylic oxidation sites excluding steroid dienone is 1. The first-order chi connectivity index (χ1) is 23.1. The zero-order chi connectivity index (χ0) is 34.5. The highest BCUT2D eigenvalue weighted by Gasteiger charge is 2.31. The first-order valence-corrected chi connectivity index (χ1v) is 17.5. The molecule has 3 aromatic rings. The summed E-state index contributed by atoms with van der Waals surface area (Å²) in [7, 11) is 1.83. The average Bonchev–Trinajstić information content (AvgIpc) is 3.77. The summed E-state index contributed by atoms with van der Waals surface area (Å²) >= 11 is 0. The standard InChI is InChI=1S/C39H53N5O4/c1-9-28-25(5)34-22-37-29(10-2)24(4)33(41-37)21-35-26(6)30(11-12-38(46)44(8)13-15-47-17-18-48-16-14-45)39(43-35)27(7)32-19-23(3)31(40-32)20-36(28)42-34/h19-22,26,30,41-42,45H,9-18H2,1-8H3/t26-,30-/m0/s1. The monoisotopic (exact) mass is 655 g/mol. The number of H-pyrrole nitrogens is 2. The fraction of sp³-hybridized carbons (Fsp3) is 0.513. The quantitative estimate of drug-likeness (QED) is 0.170. The van der Waals surface area contributed by atoms with E-state index < -0.39 is 0 Å². The molecule has 0 aliphatic carbocycles. The fourth-order valence-electron chi connectivity index (χ4n) is 7.09. The van der Waals surface area contributed by atoms with Gasteiger partial charge in [-0.1, -0.05) is 20.8 Å². The Hall–Kier alpha value is -3.79. The van der Waals surface area contributed by atoms with Crippen molar-refractivity contribution < 1.29 is 19.4 Å². The largest absolute Gasteiger partial charge is 0.394 e. The molecule has 5 heterocycles. The van der Waals surface area contributed by atoms with Gasteiger partial charge in [-0.05, 0) is 105 Å². The minimum atomic E-state index is -0.000277. The average molecular weight is 656 g/mol. The van der Waals surface area contributed by atoms with Crippen molar-refractivity contribution in [3.8, 4) is 0 Å². The molecule has 48 heavy (non-hydrogen) atoms. The molecule has 0 unspecified atom stereocenters. The van der Waals surface area contributed by atoms with Gasteiger partial charge >= 0.3 is 0 Å². The van der Waals surface area contributed by atoms with Crippen molar-refractivity contribution in [3.05, 3.63) is 68.8 Å². The van der Waals surface area contributed by atoms with Gasteiger partial charge in [0.1, 0.15) is 0 Å². The third-order valence-electron chi connectivity index (χ3n) is 10.2. The van der Waals surface area contributed by atoms with Gasteiger partial charge in [0.25, 0.3) is 0 Å². The lowest BCUT2D eigenvalue weighted by atomic mass is 9.85. The molecule has 2 aliphatic heterocycles. The van der Waals surface area contributed by atoms with Gasteiger partial charge in [-0.15, -0.1) is 0 Å². The number of aliphatic hydroxyl groups excluding tert-OH is 1. The zero-order valence-corrected chi connectivity index (χ0v) is 30.0. The van der Waals surface area contributed by atoms with Crippen LogP contribution in [0.4, 0.5) is 0 Å². The second kappa shape index (κ2) is 15.6. The highest BCUT2D eigenvalue weighted by molar-refractivity contribution is 5.85. The number of carbonyl (C=O) groups excluding carboxylic acids is 1. The normalized spacial score (nSPS) is 16.0. The molecule has 9 heteroatoms. The first-order valence-electron chi connectivity index (χ1n) is 17.5. The molecule has 9 nitrogen and oxygen atoms in total. The van der Waals surface area contributed by atoms with Gasteiger partial charge in [0.15, 0.2) is 0 Å². The third-order valence-corrected chi connectivity index (χ3v) is 10.2. The molecule has 0 saturated heterocycles. The predicted molar refractivity (Wildman–Crippen MR) is 194 cm³/mol. The number of ether oxygens (including phenoxy) is 2. The maximum absolute atomic E-state index is 13.3. The molecule has 0 radical (unpaired) electrons. The van der Waals surface area contributed by atoms with E-state index in [4.69, 9.17) is 24.5 Å². The highest BCUT2D eigenvalue weighted by atomic mass is 16.5. The van der Waals surface area contributed by atoms with Crippen molar-refractivity contribution in [1.29, 1.82) is 0 Å². The highest BCUT2D eigenvalue weighted by Crippen LogP contribution is 2.42. The van der Waals surface area contributed by atoms with Crippen LogP contribution in [0.5, 0.6) is 0 Å².